The van der Waals surface area contributed by atoms with Crippen LogP contribution in [0.15, 0.2) is 10.9 Å². The van der Waals surface area contributed by atoms with E-state index in [-0.39, 0.29) is 5.56 Å². The minimum Gasteiger partial charge on any atom is -0.480 e. The number of hydrogen-bond acceptors (Lipinski definition) is 3. The number of aliphatic carboxylic acids is 1. The Hall–Kier alpha value is -2.11. The summed E-state index contributed by atoms with van der Waals surface area (Å²) in [5, 5.41) is 9.21. The third-order valence-electron chi connectivity index (χ3n) is 3.63. The fourth-order valence-corrected chi connectivity index (χ4v) is 2.69. The molecule has 1 fully saturated rings. The molecule has 6 nitrogen and oxygen atoms in total. The zero-order chi connectivity index (χ0) is 14.9. The molecule has 0 radical (unpaired) electrons. The van der Waals surface area contributed by atoms with Crippen LogP contribution in [0.3, 0.4) is 0 Å². The maximum Gasteiger partial charge on any atom is 0.326 e. The monoisotopic (exact) mass is 278 g/mol. The number of carboxylic acids is 1. The van der Waals surface area contributed by atoms with Crippen molar-refractivity contribution in [1.82, 2.24) is 9.88 Å². The number of nitrogens with one attached hydrogen (secondary N) is 1. The van der Waals surface area contributed by atoms with Crippen molar-refractivity contribution in [3.63, 3.8) is 0 Å². The molecule has 2 heterocycles. The number of carboxylic acid groups (broad SMARTS) is 1. The molecule has 0 aliphatic carbocycles. The van der Waals surface area contributed by atoms with Gasteiger partial charge < -0.3 is 15.0 Å². The number of nitrogens with zero attached hydrogens (tertiary/aromatic N) is 1. The van der Waals surface area contributed by atoms with Gasteiger partial charge in [0.15, 0.2) is 0 Å². The minimum atomic E-state index is -1.01. The largest absolute Gasteiger partial charge is 0.480 e. The van der Waals surface area contributed by atoms with Gasteiger partial charge in [0, 0.05) is 12.2 Å². The Labute approximate surface area is 116 Å². The number of aryl methyl sites for hydroxylation is 2. The van der Waals surface area contributed by atoms with Crippen LogP contribution in [0.4, 0.5) is 0 Å². The van der Waals surface area contributed by atoms with Gasteiger partial charge in [0.05, 0.1) is 0 Å². The van der Waals surface area contributed by atoms with Crippen LogP contribution in [0.1, 0.15) is 40.9 Å². The molecular formula is C14H18N2O4. The maximum absolute atomic E-state index is 12.5. The Kier molecular flexibility index (Phi) is 3.92. The van der Waals surface area contributed by atoms with Crippen molar-refractivity contribution < 1.29 is 14.7 Å². The quantitative estimate of drug-likeness (QED) is 0.846. The fraction of sp³-hybridized carbons (Fsp3) is 0.500. The van der Waals surface area contributed by atoms with Crippen LogP contribution in [0, 0.1) is 13.8 Å². The van der Waals surface area contributed by atoms with Crippen molar-refractivity contribution in [3.05, 3.63) is 33.2 Å². The molecule has 1 aromatic heterocycles. The Morgan fingerprint density at radius 2 is 2.05 bits per heavy atom. The molecule has 0 saturated carbocycles. The first-order chi connectivity index (χ1) is 9.41. The summed E-state index contributed by atoms with van der Waals surface area (Å²) in [5.74, 6) is -1.50. The molecule has 1 aromatic rings. The molecule has 1 amide bonds. The number of piperidine rings is 1. The molecule has 2 N–H and O–H groups in total. The maximum atomic E-state index is 12.5. The standard InChI is InChI=1S/C14H18N2O4/c1-8-7-9(2)15-12(17)11(8)13(18)16-6-4-3-5-10(16)14(19)20/h7,10H,3-6H2,1-2H3,(H,15,17)(H,19,20)/t10-/m0/s1. The summed E-state index contributed by atoms with van der Waals surface area (Å²) in [7, 11) is 0. The molecule has 0 bridgehead atoms. The van der Waals surface area contributed by atoms with Gasteiger partial charge in [-0.1, -0.05) is 0 Å². The number of aromatic amines is 1. The minimum absolute atomic E-state index is 0.0451. The molecule has 0 unspecified atom stereocenters. The van der Waals surface area contributed by atoms with E-state index in [1.165, 1.54) is 4.90 Å². The number of hydrogen-bond donors (Lipinski definition) is 2. The lowest BCUT2D eigenvalue weighted by Crippen LogP contribution is -2.49. The van der Waals surface area contributed by atoms with Crippen LogP contribution in [-0.4, -0.2) is 39.5 Å². The highest BCUT2D eigenvalue weighted by Gasteiger charge is 2.34. The van der Waals surface area contributed by atoms with Crippen LogP contribution in [0.5, 0.6) is 0 Å². The number of carbonyl (C=O) groups is 2. The van der Waals surface area contributed by atoms with E-state index >= 15 is 0 Å². The van der Waals surface area contributed by atoms with Gasteiger partial charge in [0.1, 0.15) is 11.6 Å². The van der Waals surface area contributed by atoms with Crippen molar-refractivity contribution in [2.75, 3.05) is 6.54 Å². The predicted molar refractivity (Wildman–Crippen MR) is 72.8 cm³/mol. The second kappa shape index (κ2) is 5.48. The van der Waals surface area contributed by atoms with Gasteiger partial charge in [-0.2, -0.15) is 0 Å². The highest BCUT2D eigenvalue weighted by atomic mass is 16.4. The van der Waals surface area contributed by atoms with E-state index < -0.39 is 23.5 Å². The molecule has 1 aliphatic rings. The van der Waals surface area contributed by atoms with Crippen LogP contribution in [0.25, 0.3) is 0 Å². The Morgan fingerprint density at radius 3 is 2.65 bits per heavy atom. The van der Waals surface area contributed by atoms with E-state index in [2.05, 4.69) is 4.98 Å². The van der Waals surface area contributed by atoms with Crippen LogP contribution in [-0.2, 0) is 4.79 Å². The molecule has 1 saturated heterocycles. The lowest BCUT2D eigenvalue weighted by atomic mass is 10.00. The van der Waals surface area contributed by atoms with Crippen molar-refractivity contribution in [1.29, 1.82) is 0 Å². The molecule has 1 aliphatic heterocycles. The van der Waals surface area contributed by atoms with Gasteiger partial charge in [-0.05, 0) is 44.7 Å². The first-order valence-corrected chi connectivity index (χ1v) is 6.66. The molecule has 1 atom stereocenters. The summed E-state index contributed by atoms with van der Waals surface area (Å²) in [6.45, 7) is 3.81. The van der Waals surface area contributed by atoms with E-state index in [0.29, 0.717) is 24.2 Å². The molecule has 2 rings (SSSR count). The van der Waals surface area contributed by atoms with E-state index in [1.54, 1.807) is 19.9 Å². The van der Waals surface area contributed by atoms with Gasteiger partial charge in [-0.15, -0.1) is 0 Å². The van der Waals surface area contributed by atoms with E-state index in [1.807, 2.05) is 0 Å². The highest BCUT2D eigenvalue weighted by molar-refractivity contribution is 5.97. The lowest BCUT2D eigenvalue weighted by Gasteiger charge is -2.33. The van der Waals surface area contributed by atoms with Gasteiger partial charge >= 0.3 is 5.97 Å². The predicted octanol–water partition coefficient (Wildman–Crippen LogP) is 1.07. The molecular weight excluding hydrogens is 260 g/mol. The normalized spacial score (nSPS) is 18.9. The molecule has 20 heavy (non-hydrogen) atoms. The fourth-order valence-electron chi connectivity index (χ4n) is 2.69. The summed E-state index contributed by atoms with van der Waals surface area (Å²) in [5.41, 5.74) is 0.842. The van der Waals surface area contributed by atoms with Crippen molar-refractivity contribution >= 4 is 11.9 Å². The third-order valence-corrected chi connectivity index (χ3v) is 3.63. The van der Waals surface area contributed by atoms with Crippen LogP contribution < -0.4 is 5.56 Å². The first kappa shape index (κ1) is 14.3. The second-order valence-electron chi connectivity index (χ2n) is 5.19. The van der Waals surface area contributed by atoms with E-state index in [0.717, 1.165) is 12.8 Å². The lowest BCUT2D eigenvalue weighted by molar-refractivity contribution is -0.143. The Balaban J connectivity index is 2.40. The number of carbonyl (C=O) groups excluding carboxylic acids is 1. The van der Waals surface area contributed by atoms with Gasteiger partial charge in [0.25, 0.3) is 11.5 Å². The van der Waals surface area contributed by atoms with Gasteiger partial charge in [-0.25, -0.2) is 4.79 Å². The van der Waals surface area contributed by atoms with Crippen molar-refractivity contribution in [2.24, 2.45) is 0 Å². The zero-order valence-electron chi connectivity index (χ0n) is 11.6. The zero-order valence-corrected chi connectivity index (χ0v) is 11.6. The number of likely N-dealkylation sites (tertiary alicyclic amines) is 1. The summed E-state index contributed by atoms with van der Waals surface area (Å²) in [6, 6.07) is 0.880. The molecule has 6 heteroatoms. The van der Waals surface area contributed by atoms with Crippen LogP contribution in [0.2, 0.25) is 0 Å². The first-order valence-electron chi connectivity index (χ1n) is 6.66. The average Bonchev–Trinajstić information content (AvgIpc) is 2.37. The van der Waals surface area contributed by atoms with E-state index in [4.69, 9.17) is 0 Å². The van der Waals surface area contributed by atoms with Crippen molar-refractivity contribution in [2.45, 2.75) is 39.2 Å². The summed E-state index contributed by atoms with van der Waals surface area (Å²) in [6.07, 6.45) is 1.98. The average molecular weight is 278 g/mol. The molecule has 0 spiro atoms. The van der Waals surface area contributed by atoms with Gasteiger partial charge in [-0.3, -0.25) is 9.59 Å². The summed E-state index contributed by atoms with van der Waals surface area (Å²) in [4.78, 5) is 39.6. The summed E-state index contributed by atoms with van der Waals surface area (Å²) >= 11 is 0. The van der Waals surface area contributed by atoms with Crippen molar-refractivity contribution in [3.8, 4) is 0 Å². The second-order valence-corrected chi connectivity index (χ2v) is 5.19. The summed E-state index contributed by atoms with van der Waals surface area (Å²) < 4.78 is 0. The smallest absolute Gasteiger partial charge is 0.326 e. The number of amides is 1. The SMILES string of the molecule is Cc1cc(C)c(C(=O)N2CCCC[C@H]2C(=O)O)c(=O)[nH]1. The Morgan fingerprint density at radius 1 is 1.35 bits per heavy atom. The number of pyridine rings is 1. The molecule has 0 aromatic carbocycles. The topological polar surface area (TPSA) is 90.5 Å². The van der Waals surface area contributed by atoms with Crippen LogP contribution >= 0.6 is 0 Å². The Bertz CT molecular complexity index is 606. The van der Waals surface area contributed by atoms with E-state index in [9.17, 15) is 19.5 Å². The highest BCUT2D eigenvalue weighted by Crippen LogP contribution is 2.20. The van der Waals surface area contributed by atoms with Gasteiger partial charge in [0.2, 0.25) is 0 Å². The molecule has 108 valence electrons. The number of H-pyrrole nitrogens is 1. The third kappa shape index (κ3) is 2.59. The number of rotatable bonds is 2. The number of aromatic nitrogens is 1.